The van der Waals surface area contributed by atoms with Gasteiger partial charge in [0.2, 0.25) is 0 Å². The molecule has 0 atom stereocenters. The van der Waals surface area contributed by atoms with Gasteiger partial charge >= 0.3 is 0 Å². The molecule has 1 saturated heterocycles. The molecule has 0 unspecified atom stereocenters. The van der Waals surface area contributed by atoms with Crippen LogP contribution in [0.3, 0.4) is 0 Å². The van der Waals surface area contributed by atoms with Gasteiger partial charge in [0.05, 0.1) is 9.83 Å². The lowest BCUT2D eigenvalue weighted by Crippen LogP contribution is -2.17. The molecule has 0 aromatic heterocycles. The van der Waals surface area contributed by atoms with Crippen molar-refractivity contribution in [3.63, 3.8) is 0 Å². The van der Waals surface area contributed by atoms with E-state index in [2.05, 4.69) is 5.32 Å². The Balaban J connectivity index is 2.24. The molecule has 1 heterocycles. The molecule has 2 rings (SSSR count). The number of thioether (sulfide) groups is 1. The first-order valence-electron chi connectivity index (χ1n) is 4.55. The number of amides is 2. The molecule has 1 aromatic carbocycles. The lowest BCUT2D eigenvalue weighted by molar-refractivity contribution is -0.384. The molecular weight excluding hydrogens is 244 g/mol. The van der Waals surface area contributed by atoms with Crippen LogP contribution in [0.15, 0.2) is 29.2 Å². The predicted octanol–water partition coefficient (Wildman–Crippen LogP) is 1.92. The average molecular weight is 250 g/mol. The van der Waals surface area contributed by atoms with E-state index in [-0.39, 0.29) is 10.6 Å². The predicted molar refractivity (Wildman–Crippen MR) is 62.2 cm³/mol. The standard InChI is InChI=1S/C10H6N2O4S/c13-9-8(17-10(14)11-9)5-6-1-3-7(4-2-6)12(15)16/h1-5H,(H,11,13,14)/b8-5-. The van der Waals surface area contributed by atoms with Crippen molar-refractivity contribution in [1.29, 1.82) is 0 Å². The molecule has 7 heteroatoms. The summed E-state index contributed by atoms with van der Waals surface area (Å²) in [6.45, 7) is 0. The number of carbonyl (C=O) groups excluding carboxylic acids is 2. The van der Waals surface area contributed by atoms with Gasteiger partial charge < -0.3 is 0 Å². The van der Waals surface area contributed by atoms with Crippen LogP contribution >= 0.6 is 11.8 Å². The third kappa shape index (κ3) is 2.51. The van der Waals surface area contributed by atoms with Gasteiger partial charge in [0, 0.05) is 12.1 Å². The Kier molecular flexibility index (Phi) is 2.92. The Morgan fingerprint density at radius 3 is 2.35 bits per heavy atom. The quantitative estimate of drug-likeness (QED) is 0.492. The van der Waals surface area contributed by atoms with E-state index >= 15 is 0 Å². The number of hydrogen-bond donors (Lipinski definition) is 1. The Morgan fingerprint density at radius 1 is 1.24 bits per heavy atom. The van der Waals surface area contributed by atoms with Crippen molar-refractivity contribution in [3.05, 3.63) is 44.8 Å². The number of nitro benzene ring substituents is 1. The summed E-state index contributed by atoms with van der Waals surface area (Å²) in [6.07, 6.45) is 1.51. The first-order valence-corrected chi connectivity index (χ1v) is 5.37. The number of carbonyl (C=O) groups is 2. The lowest BCUT2D eigenvalue weighted by atomic mass is 10.2. The minimum absolute atomic E-state index is 0.0215. The summed E-state index contributed by atoms with van der Waals surface area (Å²) in [5, 5.41) is 12.1. The van der Waals surface area contributed by atoms with Crippen molar-refractivity contribution in [1.82, 2.24) is 5.32 Å². The topological polar surface area (TPSA) is 89.3 Å². The molecule has 17 heavy (non-hydrogen) atoms. The largest absolute Gasteiger partial charge is 0.290 e. The fourth-order valence-corrected chi connectivity index (χ4v) is 1.95. The summed E-state index contributed by atoms with van der Waals surface area (Å²) in [6, 6.07) is 5.71. The van der Waals surface area contributed by atoms with Crippen LogP contribution in [0.25, 0.3) is 6.08 Å². The van der Waals surface area contributed by atoms with E-state index in [0.29, 0.717) is 5.56 Å². The van der Waals surface area contributed by atoms with E-state index in [9.17, 15) is 19.7 Å². The summed E-state index contributed by atoms with van der Waals surface area (Å²) in [5.41, 5.74) is 0.606. The molecule has 6 nitrogen and oxygen atoms in total. The highest BCUT2D eigenvalue weighted by molar-refractivity contribution is 8.18. The highest BCUT2D eigenvalue weighted by Gasteiger charge is 2.24. The molecule has 1 fully saturated rings. The molecule has 1 aliphatic rings. The van der Waals surface area contributed by atoms with Gasteiger partial charge in [0.25, 0.3) is 16.8 Å². The zero-order chi connectivity index (χ0) is 12.4. The monoisotopic (exact) mass is 250 g/mol. The van der Waals surface area contributed by atoms with Crippen molar-refractivity contribution in [2.45, 2.75) is 0 Å². The van der Waals surface area contributed by atoms with Crippen LogP contribution in [0, 0.1) is 10.1 Å². The van der Waals surface area contributed by atoms with Crippen molar-refractivity contribution in [3.8, 4) is 0 Å². The van der Waals surface area contributed by atoms with Gasteiger partial charge in [-0.1, -0.05) is 0 Å². The Morgan fingerprint density at radius 2 is 1.88 bits per heavy atom. The molecule has 0 bridgehead atoms. The van der Waals surface area contributed by atoms with Gasteiger partial charge in [-0.15, -0.1) is 0 Å². The van der Waals surface area contributed by atoms with Crippen molar-refractivity contribution in [2.75, 3.05) is 0 Å². The van der Waals surface area contributed by atoms with Gasteiger partial charge in [-0.2, -0.15) is 0 Å². The van der Waals surface area contributed by atoms with Gasteiger partial charge in [-0.3, -0.25) is 25.0 Å². The smallest absolute Gasteiger partial charge is 0.282 e. The van der Waals surface area contributed by atoms with E-state index in [1.54, 1.807) is 0 Å². The number of nitrogens with zero attached hydrogens (tertiary/aromatic N) is 1. The van der Waals surface area contributed by atoms with Crippen LogP contribution < -0.4 is 5.32 Å². The van der Waals surface area contributed by atoms with Crippen molar-refractivity contribution >= 4 is 34.7 Å². The number of nitrogens with one attached hydrogen (secondary N) is 1. The van der Waals surface area contributed by atoms with E-state index < -0.39 is 16.1 Å². The number of hydrogen-bond acceptors (Lipinski definition) is 5. The van der Waals surface area contributed by atoms with Gasteiger partial charge in [0.1, 0.15) is 0 Å². The summed E-state index contributed by atoms with van der Waals surface area (Å²) in [7, 11) is 0. The third-order valence-electron chi connectivity index (χ3n) is 2.04. The Labute approximate surface area is 99.8 Å². The second kappa shape index (κ2) is 4.38. The van der Waals surface area contributed by atoms with E-state index in [1.807, 2.05) is 0 Å². The highest BCUT2D eigenvalue weighted by Crippen LogP contribution is 2.25. The fourth-order valence-electron chi connectivity index (χ4n) is 1.26. The van der Waals surface area contributed by atoms with Crippen LogP contribution in [0.2, 0.25) is 0 Å². The van der Waals surface area contributed by atoms with Crippen LogP contribution in [0.1, 0.15) is 5.56 Å². The Bertz CT molecular complexity index is 536. The first-order chi connectivity index (χ1) is 8.06. The van der Waals surface area contributed by atoms with Crippen molar-refractivity contribution in [2.24, 2.45) is 0 Å². The summed E-state index contributed by atoms with van der Waals surface area (Å²) in [4.78, 5) is 32.3. The average Bonchev–Trinajstić information content (AvgIpc) is 2.58. The normalized spacial score (nSPS) is 17.3. The summed E-state index contributed by atoms with van der Waals surface area (Å²) >= 11 is 0.807. The van der Waals surface area contributed by atoms with Gasteiger partial charge in [-0.25, -0.2) is 0 Å². The molecular formula is C10H6N2O4S. The van der Waals surface area contributed by atoms with E-state index in [0.717, 1.165) is 11.8 Å². The van der Waals surface area contributed by atoms with Crippen LogP contribution in [0.4, 0.5) is 10.5 Å². The maximum atomic E-state index is 11.2. The zero-order valence-corrected chi connectivity index (χ0v) is 9.19. The minimum Gasteiger partial charge on any atom is -0.282 e. The molecule has 1 N–H and O–H groups in total. The SMILES string of the molecule is O=C1NC(=O)/C(=C/c2ccc([N+](=O)[O-])cc2)S1. The molecule has 0 aliphatic carbocycles. The summed E-state index contributed by atoms with van der Waals surface area (Å²) < 4.78 is 0. The van der Waals surface area contributed by atoms with E-state index in [4.69, 9.17) is 0 Å². The molecule has 1 aliphatic heterocycles. The number of nitro groups is 1. The van der Waals surface area contributed by atoms with Crippen LogP contribution in [-0.2, 0) is 4.79 Å². The van der Waals surface area contributed by atoms with Crippen molar-refractivity contribution < 1.29 is 14.5 Å². The maximum Gasteiger partial charge on any atom is 0.290 e. The molecule has 0 saturated carbocycles. The molecule has 0 radical (unpaired) electrons. The minimum atomic E-state index is -0.503. The van der Waals surface area contributed by atoms with E-state index in [1.165, 1.54) is 30.3 Å². The van der Waals surface area contributed by atoms with Crippen LogP contribution in [-0.4, -0.2) is 16.1 Å². The second-order valence-corrected chi connectivity index (χ2v) is 4.22. The second-order valence-electron chi connectivity index (χ2n) is 3.20. The van der Waals surface area contributed by atoms with Gasteiger partial charge in [-0.05, 0) is 35.5 Å². The lowest BCUT2D eigenvalue weighted by Gasteiger charge is -1.94. The molecule has 1 aromatic rings. The summed E-state index contributed by atoms with van der Waals surface area (Å²) in [5.74, 6) is -0.446. The number of imide groups is 1. The number of non-ortho nitro benzene ring substituents is 1. The maximum absolute atomic E-state index is 11.2. The zero-order valence-electron chi connectivity index (χ0n) is 8.38. The fraction of sp³-hybridized carbons (Fsp3) is 0. The first kappa shape index (κ1) is 11.3. The molecule has 0 spiro atoms. The number of benzene rings is 1. The van der Waals surface area contributed by atoms with Gasteiger partial charge in [0.15, 0.2) is 0 Å². The molecule has 86 valence electrons. The highest BCUT2D eigenvalue weighted by atomic mass is 32.2. The third-order valence-corrected chi connectivity index (χ3v) is 2.85. The molecule has 2 amide bonds. The van der Waals surface area contributed by atoms with Crippen LogP contribution in [0.5, 0.6) is 0 Å². The Hall–Kier alpha value is -2.15. The number of rotatable bonds is 2.